The maximum atomic E-state index is 10.9. The lowest BCUT2D eigenvalue weighted by Crippen LogP contribution is -2.36. The molecule has 4 atom stereocenters. The summed E-state index contributed by atoms with van der Waals surface area (Å²) in [5, 5.41) is 28.2. The van der Waals surface area contributed by atoms with Crippen LogP contribution in [0.5, 0.6) is 0 Å². The Morgan fingerprint density at radius 3 is 2.69 bits per heavy atom. The molecule has 12 nitrogen and oxygen atoms in total. The number of fused-ring (bicyclic) bond motifs is 2. The van der Waals surface area contributed by atoms with Gasteiger partial charge in [0.25, 0.3) is 6.10 Å². The Balaban J connectivity index is 1.54. The second-order valence-electron chi connectivity index (χ2n) is 6.02. The van der Waals surface area contributed by atoms with Crippen LogP contribution in [0.15, 0.2) is 6.33 Å². The molecule has 1 saturated carbocycles. The average Bonchev–Trinajstić information content (AvgIpc) is 2.89. The Morgan fingerprint density at radius 2 is 2.12 bits per heavy atom. The summed E-state index contributed by atoms with van der Waals surface area (Å²) < 4.78 is 12.1. The molecule has 1 aliphatic carbocycles. The first-order valence-corrected chi connectivity index (χ1v) is 7.74. The minimum Gasteiger partial charge on any atom is -0.479 e. The van der Waals surface area contributed by atoms with Crippen molar-refractivity contribution in [2.75, 3.05) is 5.73 Å². The lowest BCUT2D eigenvalue weighted by Gasteiger charge is -2.19. The summed E-state index contributed by atoms with van der Waals surface area (Å²) in [7, 11) is 0. The van der Waals surface area contributed by atoms with E-state index in [-0.39, 0.29) is 17.5 Å². The minimum atomic E-state index is -2.09. The van der Waals surface area contributed by atoms with Crippen LogP contribution in [0.3, 0.4) is 0 Å². The van der Waals surface area contributed by atoms with Gasteiger partial charge in [-0.05, 0) is 11.6 Å². The standard InChI is InChI=1S/C13H12ClN5O7/c14-12-17-8(15)4-9(18-12)19(2-16-4)3-1-13(24)6(25-3)7(13)26-5(10(20)21)11(22)23/h2-3,5-7,24H,1H2,(H,20,21)(H,22,23)(H2,15,17,18)/t3-,6-,7?,13-/m1/s1. The number of hydrogen-bond acceptors (Lipinski definition) is 9. The fourth-order valence-electron chi connectivity index (χ4n) is 3.12. The molecule has 4 rings (SSSR count). The van der Waals surface area contributed by atoms with E-state index in [1.807, 2.05) is 0 Å². The van der Waals surface area contributed by atoms with E-state index in [1.54, 1.807) is 0 Å². The zero-order valence-corrected chi connectivity index (χ0v) is 13.6. The fraction of sp³-hybridized carbons (Fsp3) is 0.462. The van der Waals surface area contributed by atoms with E-state index in [1.165, 1.54) is 10.9 Å². The molecule has 1 saturated heterocycles. The Labute approximate surface area is 149 Å². The first-order chi connectivity index (χ1) is 12.2. The number of carboxylic acid groups (broad SMARTS) is 2. The van der Waals surface area contributed by atoms with Crippen molar-refractivity contribution in [1.82, 2.24) is 19.5 Å². The smallest absolute Gasteiger partial charge is 0.344 e. The molecule has 0 bridgehead atoms. The number of aromatic nitrogens is 4. The highest BCUT2D eigenvalue weighted by Crippen LogP contribution is 2.55. The van der Waals surface area contributed by atoms with Gasteiger partial charge in [0.15, 0.2) is 11.5 Å². The lowest BCUT2D eigenvalue weighted by molar-refractivity contribution is -0.170. The SMILES string of the molecule is Nc1nc(Cl)nc2c1ncn2[C@H]1C[C@]2(O)C(OC(C(=O)O)C(=O)O)[C@H]2O1. The van der Waals surface area contributed by atoms with Crippen molar-refractivity contribution < 1.29 is 34.4 Å². The minimum absolute atomic E-state index is 0.0152. The fourth-order valence-corrected chi connectivity index (χ4v) is 3.29. The third-order valence-corrected chi connectivity index (χ3v) is 4.59. The van der Waals surface area contributed by atoms with E-state index in [0.717, 1.165) is 0 Å². The number of aliphatic carboxylic acids is 2. The van der Waals surface area contributed by atoms with Gasteiger partial charge in [0.1, 0.15) is 29.6 Å². The second-order valence-corrected chi connectivity index (χ2v) is 6.36. The second kappa shape index (κ2) is 5.48. The predicted octanol–water partition coefficient (Wildman–Crippen LogP) is -0.983. The third-order valence-electron chi connectivity index (χ3n) is 4.42. The normalized spacial score (nSPS) is 29.9. The molecule has 2 aromatic rings. The Hall–Kier alpha value is -2.54. The molecule has 2 aromatic heterocycles. The highest BCUT2D eigenvalue weighted by atomic mass is 35.5. The van der Waals surface area contributed by atoms with Gasteiger partial charge in [0.05, 0.1) is 6.33 Å². The molecule has 0 spiro atoms. The molecule has 1 aliphatic heterocycles. The third kappa shape index (κ3) is 2.38. The van der Waals surface area contributed by atoms with Crippen LogP contribution in [0.2, 0.25) is 5.28 Å². The van der Waals surface area contributed by atoms with Gasteiger partial charge in [0.2, 0.25) is 5.28 Å². The molecule has 1 unspecified atom stereocenters. The quantitative estimate of drug-likeness (QED) is 0.366. The number of hydrogen-bond donors (Lipinski definition) is 4. The number of aliphatic hydroxyl groups is 1. The van der Waals surface area contributed by atoms with Crippen LogP contribution < -0.4 is 5.73 Å². The first kappa shape index (κ1) is 16.9. The zero-order chi connectivity index (χ0) is 18.8. The summed E-state index contributed by atoms with van der Waals surface area (Å²) in [6.07, 6.45) is -3.29. The van der Waals surface area contributed by atoms with Crippen LogP contribution in [0.25, 0.3) is 11.2 Å². The van der Waals surface area contributed by atoms with Crippen molar-refractivity contribution in [3.8, 4) is 0 Å². The maximum Gasteiger partial charge on any atom is 0.344 e. The van der Waals surface area contributed by atoms with Crippen LogP contribution in [-0.2, 0) is 19.1 Å². The van der Waals surface area contributed by atoms with E-state index in [9.17, 15) is 14.7 Å². The van der Waals surface area contributed by atoms with Crippen LogP contribution in [0.1, 0.15) is 12.6 Å². The van der Waals surface area contributed by atoms with Gasteiger partial charge >= 0.3 is 11.9 Å². The van der Waals surface area contributed by atoms with Crippen molar-refractivity contribution in [1.29, 1.82) is 0 Å². The molecule has 138 valence electrons. The molecule has 0 radical (unpaired) electrons. The Kier molecular flexibility index (Phi) is 3.56. The summed E-state index contributed by atoms with van der Waals surface area (Å²) in [6, 6.07) is 0. The molecule has 3 heterocycles. The Bertz CT molecular complexity index is 921. The number of nitrogens with two attached hydrogens (primary N) is 1. The molecule has 2 fully saturated rings. The van der Waals surface area contributed by atoms with E-state index < -0.39 is 42.1 Å². The monoisotopic (exact) mass is 385 g/mol. The maximum absolute atomic E-state index is 10.9. The van der Waals surface area contributed by atoms with Crippen LogP contribution in [0.4, 0.5) is 5.82 Å². The molecule has 0 amide bonds. The zero-order valence-electron chi connectivity index (χ0n) is 12.8. The molecule has 26 heavy (non-hydrogen) atoms. The van der Waals surface area contributed by atoms with Crippen molar-refractivity contribution in [3.63, 3.8) is 0 Å². The van der Waals surface area contributed by atoms with Gasteiger partial charge in [0, 0.05) is 6.42 Å². The van der Waals surface area contributed by atoms with Crippen LogP contribution in [-0.4, -0.2) is 70.7 Å². The van der Waals surface area contributed by atoms with Gasteiger partial charge in [-0.2, -0.15) is 9.97 Å². The number of rotatable bonds is 5. The van der Waals surface area contributed by atoms with Gasteiger partial charge in [-0.15, -0.1) is 0 Å². The van der Waals surface area contributed by atoms with Crippen molar-refractivity contribution in [2.45, 2.75) is 36.6 Å². The van der Waals surface area contributed by atoms with Crippen LogP contribution in [0, 0.1) is 0 Å². The van der Waals surface area contributed by atoms with E-state index in [2.05, 4.69) is 15.0 Å². The molecule has 13 heteroatoms. The van der Waals surface area contributed by atoms with Gasteiger partial charge in [-0.3, -0.25) is 4.57 Å². The molecule has 2 aliphatic rings. The molecular weight excluding hydrogens is 374 g/mol. The summed E-state index contributed by atoms with van der Waals surface area (Å²) in [4.78, 5) is 33.7. The summed E-state index contributed by atoms with van der Waals surface area (Å²) in [5.74, 6) is -3.23. The highest BCUT2D eigenvalue weighted by molar-refractivity contribution is 6.28. The van der Waals surface area contributed by atoms with Crippen molar-refractivity contribution in [3.05, 3.63) is 11.6 Å². The van der Waals surface area contributed by atoms with E-state index >= 15 is 0 Å². The number of anilines is 1. The van der Waals surface area contributed by atoms with Crippen LogP contribution >= 0.6 is 11.6 Å². The molecule has 0 aromatic carbocycles. The average molecular weight is 386 g/mol. The number of ether oxygens (including phenoxy) is 2. The number of imidazole rings is 1. The Morgan fingerprint density at radius 1 is 1.42 bits per heavy atom. The van der Waals surface area contributed by atoms with Gasteiger partial charge in [-0.25, -0.2) is 14.6 Å². The predicted molar refractivity (Wildman–Crippen MR) is 82.2 cm³/mol. The number of nitrogens with zero attached hydrogens (tertiary/aromatic N) is 4. The lowest BCUT2D eigenvalue weighted by atomic mass is 10.2. The number of nitrogen functional groups attached to an aromatic ring is 1. The van der Waals surface area contributed by atoms with E-state index in [4.69, 9.17) is 37.0 Å². The number of carbonyl (C=O) groups is 2. The summed E-state index contributed by atoms with van der Waals surface area (Å²) in [5.41, 5.74) is 4.85. The van der Waals surface area contributed by atoms with Gasteiger partial charge in [-0.1, -0.05) is 0 Å². The summed E-state index contributed by atoms with van der Waals surface area (Å²) in [6.45, 7) is 0. The van der Waals surface area contributed by atoms with E-state index in [0.29, 0.717) is 11.2 Å². The molecule has 5 N–H and O–H groups in total. The first-order valence-electron chi connectivity index (χ1n) is 7.37. The topological polar surface area (TPSA) is 183 Å². The molecular formula is C13H12ClN5O7. The van der Waals surface area contributed by atoms with Crippen molar-refractivity contribution in [2.24, 2.45) is 0 Å². The highest BCUT2D eigenvalue weighted by Gasteiger charge is 2.73. The largest absolute Gasteiger partial charge is 0.479 e. The van der Waals surface area contributed by atoms with Gasteiger partial charge < -0.3 is 30.5 Å². The van der Waals surface area contributed by atoms with Crippen molar-refractivity contribution >= 4 is 40.5 Å². The summed E-state index contributed by atoms with van der Waals surface area (Å²) >= 11 is 5.80. The number of halogens is 1. The number of carboxylic acids is 2.